The van der Waals surface area contributed by atoms with Crippen LogP contribution in [0.5, 0.6) is 0 Å². The summed E-state index contributed by atoms with van der Waals surface area (Å²) in [4.78, 5) is 0. The second-order valence-corrected chi connectivity index (χ2v) is 6.90. The van der Waals surface area contributed by atoms with E-state index < -0.39 is 0 Å². The summed E-state index contributed by atoms with van der Waals surface area (Å²) in [5, 5.41) is 3.55. The van der Waals surface area contributed by atoms with E-state index >= 15 is 0 Å². The van der Waals surface area contributed by atoms with Crippen molar-refractivity contribution in [2.45, 2.75) is 41.0 Å². The SMILES string of the molecule is CCC(=C\C(C)(C)C)/C(N)=c1\cccc\c1=C(\C)P. The smallest absolute Gasteiger partial charge is 0.0423 e. The highest BCUT2D eigenvalue weighted by atomic mass is 31.0. The predicted molar refractivity (Wildman–Crippen MR) is 89.9 cm³/mol. The van der Waals surface area contributed by atoms with E-state index in [4.69, 9.17) is 5.73 Å². The molecule has 0 saturated carbocycles. The third-order valence-electron chi connectivity index (χ3n) is 2.98. The number of hydrogen-bond acceptors (Lipinski definition) is 1. The van der Waals surface area contributed by atoms with Crippen molar-refractivity contribution < 1.29 is 0 Å². The summed E-state index contributed by atoms with van der Waals surface area (Å²) in [6.07, 6.45) is 3.23. The summed E-state index contributed by atoms with van der Waals surface area (Å²) in [6.45, 7) is 10.9. The van der Waals surface area contributed by atoms with Crippen LogP contribution in [0.3, 0.4) is 0 Å². The van der Waals surface area contributed by atoms with Crippen LogP contribution in [0.1, 0.15) is 41.0 Å². The number of benzene rings is 1. The Hall–Kier alpha value is -1.07. The third kappa shape index (κ3) is 4.51. The minimum atomic E-state index is 0.143. The first-order valence-corrected chi connectivity index (χ1v) is 7.37. The molecule has 0 spiro atoms. The lowest BCUT2D eigenvalue weighted by molar-refractivity contribution is 0.540. The predicted octanol–water partition coefficient (Wildman–Crippen LogP) is 3.14. The van der Waals surface area contributed by atoms with Gasteiger partial charge >= 0.3 is 0 Å². The lowest BCUT2D eigenvalue weighted by atomic mass is 9.91. The Morgan fingerprint density at radius 3 is 2.16 bits per heavy atom. The fraction of sp³-hybridized carbons (Fsp3) is 0.412. The minimum absolute atomic E-state index is 0.143. The molecule has 1 aromatic carbocycles. The molecule has 1 atom stereocenters. The standard InChI is InChI=1S/C17H26NP/c1-6-13(11-17(3,4)5)16(18)15-10-8-7-9-14(15)12(2)19/h7-11H,6,18-19H2,1-5H3/b13-11+,14-12+,16-15-. The van der Waals surface area contributed by atoms with Crippen LogP contribution in [-0.2, 0) is 0 Å². The molecule has 0 aliphatic heterocycles. The summed E-state index contributed by atoms with van der Waals surface area (Å²) in [5.41, 5.74) is 8.69. The molecule has 104 valence electrons. The van der Waals surface area contributed by atoms with Gasteiger partial charge in [-0.25, -0.2) is 0 Å². The van der Waals surface area contributed by atoms with E-state index in [0.717, 1.165) is 17.3 Å². The molecular weight excluding hydrogens is 249 g/mol. The highest BCUT2D eigenvalue weighted by molar-refractivity contribution is 7.30. The molecule has 0 aliphatic rings. The minimum Gasteiger partial charge on any atom is -0.398 e. The van der Waals surface area contributed by atoms with Crippen molar-refractivity contribution in [3.8, 4) is 0 Å². The Bertz CT molecular complexity index is 584. The molecule has 0 bridgehead atoms. The van der Waals surface area contributed by atoms with E-state index in [1.165, 1.54) is 16.1 Å². The summed E-state index contributed by atoms with van der Waals surface area (Å²) in [6, 6.07) is 8.32. The van der Waals surface area contributed by atoms with Gasteiger partial charge in [0.05, 0.1) is 0 Å². The first-order chi connectivity index (χ1) is 8.76. The van der Waals surface area contributed by atoms with E-state index in [9.17, 15) is 0 Å². The number of nitrogens with two attached hydrogens (primary N) is 1. The molecule has 0 aromatic heterocycles. The average molecular weight is 275 g/mol. The summed E-state index contributed by atoms with van der Waals surface area (Å²) >= 11 is 0. The van der Waals surface area contributed by atoms with Crippen LogP contribution in [0.25, 0.3) is 11.0 Å². The Morgan fingerprint density at radius 2 is 1.74 bits per heavy atom. The van der Waals surface area contributed by atoms with E-state index in [0.29, 0.717) is 0 Å². The zero-order valence-corrected chi connectivity index (χ0v) is 13.9. The fourth-order valence-electron chi connectivity index (χ4n) is 2.13. The summed E-state index contributed by atoms with van der Waals surface area (Å²) < 4.78 is 0. The van der Waals surface area contributed by atoms with Gasteiger partial charge in [0.1, 0.15) is 0 Å². The van der Waals surface area contributed by atoms with Gasteiger partial charge in [-0.15, -0.1) is 9.24 Å². The maximum atomic E-state index is 6.42. The van der Waals surface area contributed by atoms with Crippen LogP contribution < -0.4 is 16.2 Å². The molecule has 2 heteroatoms. The van der Waals surface area contributed by atoms with Gasteiger partial charge in [-0.2, -0.15) is 0 Å². The van der Waals surface area contributed by atoms with Gasteiger partial charge in [0.15, 0.2) is 0 Å². The van der Waals surface area contributed by atoms with Crippen molar-refractivity contribution in [1.29, 1.82) is 0 Å². The highest BCUT2D eigenvalue weighted by Gasteiger charge is 2.09. The Kier molecular flexibility index (Phi) is 5.38. The summed E-state index contributed by atoms with van der Waals surface area (Å²) in [7, 11) is 2.77. The third-order valence-corrected chi connectivity index (χ3v) is 3.29. The van der Waals surface area contributed by atoms with Crippen LogP contribution in [0.15, 0.2) is 35.9 Å². The molecule has 1 rings (SSSR count). The van der Waals surface area contributed by atoms with Crippen LogP contribution >= 0.6 is 9.24 Å². The topological polar surface area (TPSA) is 26.0 Å². The molecule has 2 N–H and O–H groups in total. The number of allylic oxidation sites excluding steroid dienone is 1. The highest BCUT2D eigenvalue weighted by Crippen LogP contribution is 2.21. The van der Waals surface area contributed by atoms with Gasteiger partial charge in [0.25, 0.3) is 0 Å². The molecule has 0 fully saturated rings. The number of hydrogen-bond donors (Lipinski definition) is 1. The second-order valence-electron chi connectivity index (χ2n) is 6.03. The first kappa shape index (κ1) is 16.0. The monoisotopic (exact) mass is 275 g/mol. The molecule has 0 aliphatic carbocycles. The normalized spacial score (nSPS) is 16.2. The molecule has 19 heavy (non-hydrogen) atoms. The van der Waals surface area contributed by atoms with Crippen molar-refractivity contribution in [3.63, 3.8) is 0 Å². The van der Waals surface area contributed by atoms with E-state index in [-0.39, 0.29) is 5.41 Å². The van der Waals surface area contributed by atoms with E-state index in [1.807, 2.05) is 6.07 Å². The molecule has 0 radical (unpaired) electrons. The average Bonchev–Trinajstić information content (AvgIpc) is 2.34. The zero-order valence-electron chi connectivity index (χ0n) is 12.7. The molecule has 1 unspecified atom stereocenters. The molecule has 1 aromatic rings. The maximum absolute atomic E-state index is 6.42. The van der Waals surface area contributed by atoms with Crippen molar-refractivity contribution in [3.05, 3.63) is 46.4 Å². The van der Waals surface area contributed by atoms with Gasteiger partial charge in [0.2, 0.25) is 0 Å². The molecule has 0 saturated heterocycles. The van der Waals surface area contributed by atoms with E-state index in [1.54, 1.807) is 0 Å². The van der Waals surface area contributed by atoms with Gasteiger partial charge < -0.3 is 5.73 Å². The maximum Gasteiger partial charge on any atom is 0.0423 e. The Morgan fingerprint density at radius 1 is 1.21 bits per heavy atom. The van der Waals surface area contributed by atoms with Crippen molar-refractivity contribution in [2.75, 3.05) is 0 Å². The molecular formula is C17H26NP. The van der Waals surface area contributed by atoms with Gasteiger partial charge in [-0.05, 0) is 34.9 Å². The lowest BCUT2D eigenvalue weighted by Crippen LogP contribution is -2.31. The van der Waals surface area contributed by atoms with Crippen LogP contribution in [0.4, 0.5) is 0 Å². The Labute approximate surface area is 119 Å². The quantitative estimate of drug-likeness (QED) is 0.824. The molecule has 0 heterocycles. The summed E-state index contributed by atoms with van der Waals surface area (Å²) in [5.74, 6) is 0. The van der Waals surface area contributed by atoms with Crippen molar-refractivity contribution >= 4 is 20.3 Å². The van der Waals surface area contributed by atoms with Crippen molar-refractivity contribution in [1.82, 2.24) is 0 Å². The largest absolute Gasteiger partial charge is 0.398 e. The van der Waals surface area contributed by atoms with Crippen LogP contribution in [0, 0.1) is 5.41 Å². The molecule has 1 nitrogen and oxygen atoms in total. The van der Waals surface area contributed by atoms with Crippen LogP contribution in [-0.4, -0.2) is 0 Å². The first-order valence-electron chi connectivity index (χ1n) is 6.79. The Balaban J connectivity index is 3.64. The lowest BCUT2D eigenvalue weighted by Gasteiger charge is -2.16. The second kappa shape index (κ2) is 6.39. The number of rotatable bonds is 2. The van der Waals surface area contributed by atoms with Crippen molar-refractivity contribution in [2.24, 2.45) is 11.1 Å². The van der Waals surface area contributed by atoms with Gasteiger partial charge in [-0.3, -0.25) is 0 Å². The zero-order chi connectivity index (χ0) is 14.6. The van der Waals surface area contributed by atoms with Gasteiger partial charge in [-0.1, -0.05) is 58.0 Å². The van der Waals surface area contributed by atoms with Gasteiger partial charge in [0, 0.05) is 10.9 Å². The molecule has 0 amide bonds. The fourth-order valence-corrected chi connectivity index (χ4v) is 2.38. The van der Waals surface area contributed by atoms with E-state index in [2.05, 4.69) is 68.1 Å². The van der Waals surface area contributed by atoms with Crippen LogP contribution in [0.2, 0.25) is 0 Å².